The van der Waals surface area contributed by atoms with Crippen molar-refractivity contribution in [2.75, 3.05) is 0 Å². The first-order valence-corrected chi connectivity index (χ1v) is 15.0. The molecule has 1 N–H and O–H groups in total. The first-order valence-electron chi connectivity index (χ1n) is 15.0. The molecule has 1 aliphatic rings. The van der Waals surface area contributed by atoms with E-state index in [1.54, 1.807) is 4.57 Å². The van der Waals surface area contributed by atoms with Gasteiger partial charge in [-0.05, 0) is 67.1 Å². The van der Waals surface area contributed by atoms with Gasteiger partial charge in [0.15, 0.2) is 5.82 Å². The van der Waals surface area contributed by atoms with Crippen LogP contribution >= 0.6 is 0 Å². The molecule has 0 saturated heterocycles. The number of ketones is 1. The maximum atomic E-state index is 14.0. The number of carbonyl (C=O) groups excluding carboxylic acids is 1. The molecule has 9 nitrogen and oxygen atoms in total. The molecule has 5 aromatic rings. The second-order valence-corrected chi connectivity index (χ2v) is 11.2. The van der Waals surface area contributed by atoms with Crippen LogP contribution in [-0.4, -0.2) is 83.0 Å². The first-order chi connectivity index (χ1) is 21.4. The minimum Gasteiger partial charge on any atom is -0.490 e. The fraction of sp³-hybridized carbons (Fsp3) is 0.286. The van der Waals surface area contributed by atoms with Crippen LogP contribution in [0, 0.1) is 6.92 Å². The number of rotatable bonds is 9. The van der Waals surface area contributed by atoms with E-state index < -0.39 is 5.76 Å². The van der Waals surface area contributed by atoms with Gasteiger partial charge in [-0.1, -0.05) is 67.0 Å². The fourth-order valence-corrected chi connectivity index (χ4v) is 5.83. The Morgan fingerprint density at radius 1 is 0.933 bits per heavy atom. The van der Waals surface area contributed by atoms with E-state index >= 15 is 0 Å². The van der Waals surface area contributed by atoms with Crippen LogP contribution in [0.2, 0.25) is 0 Å². The van der Waals surface area contributed by atoms with Gasteiger partial charge in [0.25, 0.3) is 5.56 Å². The summed E-state index contributed by atoms with van der Waals surface area (Å²) in [5.41, 5.74) is 5.75. The maximum Gasteiger partial charge on any atom is 0.439 e. The summed E-state index contributed by atoms with van der Waals surface area (Å²) in [5, 5.41) is 3.85. The molecular weight excluding hydrogens is 596 g/mol. The van der Waals surface area contributed by atoms with Crippen LogP contribution in [0.25, 0.3) is 28.2 Å². The second-order valence-electron chi connectivity index (χ2n) is 11.2. The number of Topliss-reactive ketones (excluding diaryl/α,β-unsaturated/α-hetero) is 1. The van der Waals surface area contributed by atoms with Crippen LogP contribution in [0.4, 0.5) is 0 Å². The van der Waals surface area contributed by atoms with E-state index in [0.29, 0.717) is 48.7 Å². The molecule has 1 fully saturated rings. The third-order valence-corrected chi connectivity index (χ3v) is 8.07. The van der Waals surface area contributed by atoms with Gasteiger partial charge in [-0.3, -0.25) is 23.7 Å². The van der Waals surface area contributed by atoms with Gasteiger partial charge < -0.3 is 4.74 Å². The number of nitrogens with one attached hydrogen (secondary N) is 1. The normalized spacial score (nSPS) is 13.4. The summed E-state index contributed by atoms with van der Waals surface area (Å²) in [6.07, 6.45) is 4.68. The summed E-state index contributed by atoms with van der Waals surface area (Å²) in [4.78, 5) is 44.6. The number of aryl methyl sites for hydroxylation is 2. The summed E-state index contributed by atoms with van der Waals surface area (Å²) in [6, 6.07) is 23.2. The van der Waals surface area contributed by atoms with Gasteiger partial charge >= 0.3 is 5.76 Å². The molecule has 2 aromatic heterocycles. The molecule has 3 aromatic carbocycles. The molecule has 0 atom stereocenters. The van der Waals surface area contributed by atoms with Crippen LogP contribution in [0.1, 0.15) is 61.7 Å². The molecule has 6 rings (SSSR count). The summed E-state index contributed by atoms with van der Waals surface area (Å²) >= 11 is 0. The number of aromatic amines is 1. The minimum atomic E-state index is -0.604. The third-order valence-electron chi connectivity index (χ3n) is 8.07. The van der Waals surface area contributed by atoms with E-state index in [0.717, 1.165) is 58.6 Å². The molecular formula is C35H34KN4O5. The van der Waals surface area contributed by atoms with Gasteiger partial charge in [0.05, 0.1) is 17.5 Å². The molecule has 0 spiro atoms. The number of carbonyl (C=O) groups is 1. The molecule has 0 aliphatic heterocycles. The van der Waals surface area contributed by atoms with Crippen molar-refractivity contribution in [1.82, 2.24) is 19.7 Å². The SMILES string of the molecule is CCCc1nc(C)n(-c2ccc(OC3CCC(=O)CC3)cc2)c(=O)c1Cc1ccc(-c2ccccc2-c2noc(=O)[nH]2)cc1.[K]. The largest absolute Gasteiger partial charge is 0.490 e. The van der Waals surface area contributed by atoms with E-state index in [1.165, 1.54) is 0 Å². The van der Waals surface area contributed by atoms with Crippen LogP contribution < -0.4 is 16.1 Å². The maximum absolute atomic E-state index is 14.0. The van der Waals surface area contributed by atoms with Gasteiger partial charge in [-0.2, -0.15) is 0 Å². The number of nitrogens with zero attached hydrogens (tertiary/aromatic N) is 3. The quantitative estimate of drug-likeness (QED) is 0.211. The topological polar surface area (TPSA) is 120 Å². The van der Waals surface area contributed by atoms with Crippen molar-refractivity contribution in [3.05, 3.63) is 116 Å². The monoisotopic (exact) mass is 629 g/mol. The Morgan fingerprint density at radius 2 is 1.62 bits per heavy atom. The Bertz CT molecular complexity index is 1900. The Balaban J connectivity index is 0.00000400. The van der Waals surface area contributed by atoms with Crippen molar-refractivity contribution in [2.45, 2.75) is 64.9 Å². The standard InChI is InChI=1S/C35H34N4O5.K/c1-3-6-32-31(21-23-9-11-24(12-10-23)29-7-4-5-8-30(29)33-37-35(42)44-38-33)34(41)39(22(2)36-32)25-13-17-27(18-14-25)43-28-19-15-26(40)16-20-28;/h4-5,7-14,17-18,28H,3,6,15-16,19-21H2,1-2H3,(H,37,38,42);. The van der Waals surface area contributed by atoms with Crippen LogP contribution in [0.3, 0.4) is 0 Å². The molecule has 1 radical (unpaired) electrons. The number of benzene rings is 3. The second kappa shape index (κ2) is 14.8. The molecule has 10 heteroatoms. The Hall–Kier alpha value is -3.41. The Labute approximate surface area is 303 Å². The fourth-order valence-electron chi connectivity index (χ4n) is 5.83. The Morgan fingerprint density at radius 3 is 2.27 bits per heavy atom. The first kappa shape index (κ1) is 33.0. The third kappa shape index (κ3) is 7.53. The van der Waals surface area contributed by atoms with Gasteiger partial charge in [0.1, 0.15) is 17.4 Å². The van der Waals surface area contributed by atoms with Crippen LogP contribution in [0.15, 0.2) is 86.9 Å². The zero-order chi connectivity index (χ0) is 30.6. The molecule has 0 amide bonds. The molecule has 2 heterocycles. The molecule has 1 aliphatic carbocycles. The number of hydrogen-bond acceptors (Lipinski definition) is 7. The predicted octanol–water partition coefficient (Wildman–Crippen LogP) is 5.60. The molecule has 0 bridgehead atoms. The van der Waals surface area contributed by atoms with E-state index in [2.05, 4.69) is 17.1 Å². The van der Waals surface area contributed by atoms with E-state index in [1.807, 2.05) is 79.7 Å². The van der Waals surface area contributed by atoms with Gasteiger partial charge in [-0.25, -0.2) is 9.78 Å². The number of ether oxygens (including phenoxy) is 1. The van der Waals surface area contributed by atoms with Crippen molar-refractivity contribution >= 4 is 57.2 Å². The van der Waals surface area contributed by atoms with Gasteiger partial charge in [-0.15, -0.1) is 0 Å². The molecule has 1 saturated carbocycles. The smallest absolute Gasteiger partial charge is 0.439 e. The van der Waals surface area contributed by atoms with Crippen molar-refractivity contribution in [3.63, 3.8) is 0 Å². The summed E-state index contributed by atoms with van der Waals surface area (Å²) in [6.45, 7) is 3.95. The average molecular weight is 630 g/mol. The zero-order valence-corrected chi connectivity index (χ0v) is 29.0. The number of hydrogen-bond donors (Lipinski definition) is 1. The van der Waals surface area contributed by atoms with Gasteiger partial charge in [0.2, 0.25) is 0 Å². The van der Waals surface area contributed by atoms with E-state index in [4.69, 9.17) is 14.2 Å². The number of aromatic nitrogens is 4. The van der Waals surface area contributed by atoms with Crippen molar-refractivity contribution in [2.24, 2.45) is 0 Å². The predicted molar refractivity (Wildman–Crippen MR) is 173 cm³/mol. The van der Waals surface area contributed by atoms with E-state index in [-0.39, 0.29) is 63.0 Å². The van der Waals surface area contributed by atoms with Crippen LogP contribution in [-0.2, 0) is 17.6 Å². The molecule has 0 unspecified atom stereocenters. The molecule has 225 valence electrons. The summed E-state index contributed by atoms with van der Waals surface area (Å²) in [5.74, 6) is 1.43. The van der Waals surface area contributed by atoms with Crippen molar-refractivity contribution in [1.29, 1.82) is 0 Å². The zero-order valence-electron chi connectivity index (χ0n) is 25.8. The summed E-state index contributed by atoms with van der Waals surface area (Å²) < 4.78 is 12.5. The average Bonchev–Trinajstić information content (AvgIpc) is 3.47. The van der Waals surface area contributed by atoms with Gasteiger partial charge in [0, 0.05) is 81.8 Å². The summed E-state index contributed by atoms with van der Waals surface area (Å²) in [7, 11) is 0. The Kier molecular flexibility index (Phi) is 10.8. The number of H-pyrrole nitrogens is 1. The van der Waals surface area contributed by atoms with Crippen LogP contribution in [0.5, 0.6) is 5.75 Å². The minimum absolute atomic E-state index is 0. The van der Waals surface area contributed by atoms with E-state index in [9.17, 15) is 14.4 Å². The van der Waals surface area contributed by atoms with Crippen molar-refractivity contribution < 1.29 is 14.1 Å². The van der Waals surface area contributed by atoms with Crippen molar-refractivity contribution in [3.8, 4) is 34.0 Å². The molecule has 45 heavy (non-hydrogen) atoms.